The summed E-state index contributed by atoms with van der Waals surface area (Å²) in [5, 5.41) is 12.4. The molecule has 1 aliphatic rings. The summed E-state index contributed by atoms with van der Waals surface area (Å²) in [4.78, 5) is 27.7. The number of allylic oxidation sites excluding steroid dienone is 2. The minimum atomic E-state index is -0.438. The smallest absolute Gasteiger partial charge is 0.310 e. The molecule has 0 bridgehead atoms. The standard InChI is InChI=1S/C29H30IN7O2/c1-32-36-28(35-31)34-27(38)23-12-10-20(11-13-23)19-37(29(39)33-25-9-5-8-24(30)18-25)26-16-14-22(15-17-26)21-6-3-2-4-7-21/h5-6,8-18,31-32H,2-4,7,19H2,1H3,(H,33,39)(H,34,36,38). The van der Waals surface area contributed by atoms with Crippen molar-refractivity contribution in [3.63, 3.8) is 0 Å². The Balaban J connectivity index is 1.55. The predicted molar refractivity (Wildman–Crippen MR) is 163 cm³/mol. The van der Waals surface area contributed by atoms with Gasteiger partial charge in [0.1, 0.15) is 0 Å². The van der Waals surface area contributed by atoms with Crippen molar-refractivity contribution in [2.75, 3.05) is 17.3 Å². The summed E-state index contributed by atoms with van der Waals surface area (Å²) in [6, 6.07) is 22.4. The van der Waals surface area contributed by atoms with Crippen LogP contribution in [0.4, 0.5) is 16.2 Å². The van der Waals surface area contributed by atoms with Crippen LogP contribution in [0.3, 0.4) is 0 Å². The molecule has 9 nitrogen and oxygen atoms in total. The number of carbonyl (C=O) groups excluding carboxylic acids is 2. The van der Waals surface area contributed by atoms with E-state index in [4.69, 9.17) is 5.53 Å². The fourth-order valence-electron chi connectivity index (χ4n) is 4.30. The second-order valence-electron chi connectivity index (χ2n) is 8.97. The third-order valence-electron chi connectivity index (χ3n) is 6.27. The lowest BCUT2D eigenvalue weighted by Crippen LogP contribution is -2.34. The van der Waals surface area contributed by atoms with Crippen LogP contribution in [0.2, 0.25) is 0 Å². The second-order valence-corrected chi connectivity index (χ2v) is 10.2. The second kappa shape index (κ2) is 13.7. The number of nitrogens with zero attached hydrogens (tertiary/aromatic N) is 3. The van der Waals surface area contributed by atoms with E-state index in [2.05, 4.69) is 67.1 Å². The highest BCUT2D eigenvalue weighted by molar-refractivity contribution is 14.1. The van der Waals surface area contributed by atoms with E-state index in [-0.39, 0.29) is 12.0 Å². The van der Waals surface area contributed by atoms with Crippen LogP contribution in [0.15, 0.2) is 89.1 Å². The molecule has 0 saturated heterocycles. The van der Waals surface area contributed by atoms with Crippen LogP contribution >= 0.6 is 22.6 Å². The maximum absolute atomic E-state index is 13.5. The van der Waals surface area contributed by atoms with Gasteiger partial charge in [-0.2, -0.15) is 0 Å². The molecule has 0 aromatic heterocycles. The number of guanidine groups is 1. The zero-order chi connectivity index (χ0) is 27.6. The van der Waals surface area contributed by atoms with E-state index in [9.17, 15) is 9.59 Å². The van der Waals surface area contributed by atoms with Gasteiger partial charge in [-0.25, -0.2) is 10.3 Å². The zero-order valence-corrected chi connectivity index (χ0v) is 23.7. The van der Waals surface area contributed by atoms with Crippen molar-refractivity contribution in [3.05, 3.63) is 99.1 Å². The van der Waals surface area contributed by atoms with E-state index in [1.807, 2.05) is 36.4 Å². The molecule has 0 unspecified atom stereocenters. The Kier molecular flexibility index (Phi) is 9.79. The van der Waals surface area contributed by atoms with E-state index in [0.29, 0.717) is 17.8 Å². The normalized spacial score (nSPS) is 13.2. The molecule has 200 valence electrons. The molecular weight excluding hydrogens is 605 g/mol. The van der Waals surface area contributed by atoms with Gasteiger partial charge < -0.3 is 10.7 Å². The van der Waals surface area contributed by atoms with Crippen LogP contribution in [0.1, 0.15) is 47.2 Å². The highest BCUT2D eigenvalue weighted by atomic mass is 127. The van der Waals surface area contributed by atoms with Crippen molar-refractivity contribution in [2.24, 2.45) is 10.2 Å². The van der Waals surface area contributed by atoms with Gasteiger partial charge in [0.15, 0.2) is 0 Å². The molecule has 0 radical (unpaired) electrons. The Morgan fingerprint density at radius 1 is 1.03 bits per heavy atom. The van der Waals surface area contributed by atoms with Gasteiger partial charge in [0, 0.05) is 27.6 Å². The van der Waals surface area contributed by atoms with E-state index in [1.165, 1.54) is 24.0 Å². The fourth-order valence-corrected chi connectivity index (χ4v) is 4.84. The summed E-state index contributed by atoms with van der Waals surface area (Å²) in [5.74, 6) is -0.579. The number of nitrogens with one attached hydrogen (secondary N) is 4. The van der Waals surface area contributed by atoms with Crippen LogP contribution in [-0.2, 0) is 6.54 Å². The van der Waals surface area contributed by atoms with E-state index >= 15 is 0 Å². The fraction of sp³-hybridized carbons (Fsp3) is 0.207. The molecule has 1 aliphatic carbocycles. The van der Waals surface area contributed by atoms with Crippen LogP contribution in [0.5, 0.6) is 0 Å². The van der Waals surface area contributed by atoms with Crippen molar-refractivity contribution in [3.8, 4) is 0 Å². The third-order valence-corrected chi connectivity index (χ3v) is 6.94. The van der Waals surface area contributed by atoms with Gasteiger partial charge in [0.05, 0.1) is 6.54 Å². The molecule has 0 fully saturated rings. The molecular formula is C29H30IN7O2. The number of hydrogen-bond donors (Lipinski definition) is 4. The number of amides is 3. The Bertz CT molecular complexity index is 1390. The molecule has 4 N–H and O–H groups in total. The van der Waals surface area contributed by atoms with Gasteiger partial charge in [-0.15, -0.1) is 10.2 Å². The molecule has 10 heteroatoms. The number of hydrogen-bond acceptors (Lipinski definition) is 5. The first-order chi connectivity index (χ1) is 19.0. The summed E-state index contributed by atoms with van der Waals surface area (Å²) < 4.78 is 1.03. The number of carbonyl (C=O) groups is 2. The van der Waals surface area contributed by atoms with Crippen molar-refractivity contribution in [2.45, 2.75) is 32.2 Å². The van der Waals surface area contributed by atoms with Crippen LogP contribution in [-0.4, -0.2) is 24.9 Å². The summed E-state index contributed by atoms with van der Waals surface area (Å²) in [6.45, 7) is 0.300. The van der Waals surface area contributed by atoms with Crippen molar-refractivity contribution in [1.82, 2.24) is 10.7 Å². The van der Waals surface area contributed by atoms with Crippen LogP contribution in [0.25, 0.3) is 5.57 Å². The topological polar surface area (TPSA) is 122 Å². The first-order valence-electron chi connectivity index (χ1n) is 12.6. The summed E-state index contributed by atoms with van der Waals surface area (Å²) in [5.41, 5.74) is 14.9. The van der Waals surface area contributed by atoms with Crippen LogP contribution in [0, 0.1) is 9.10 Å². The largest absolute Gasteiger partial charge is 0.326 e. The minimum absolute atomic E-state index is 0.141. The van der Waals surface area contributed by atoms with Crippen molar-refractivity contribution in [1.29, 1.82) is 5.53 Å². The molecule has 0 heterocycles. The van der Waals surface area contributed by atoms with Gasteiger partial charge >= 0.3 is 6.03 Å². The minimum Gasteiger partial charge on any atom is -0.310 e. The van der Waals surface area contributed by atoms with Gasteiger partial charge in [0.2, 0.25) is 0 Å². The lowest BCUT2D eigenvalue weighted by atomic mass is 9.93. The van der Waals surface area contributed by atoms with Gasteiger partial charge in [-0.1, -0.05) is 36.4 Å². The van der Waals surface area contributed by atoms with Crippen molar-refractivity contribution >= 4 is 57.4 Å². The third kappa shape index (κ3) is 7.73. The average molecular weight is 636 g/mol. The Hall–Kier alpha value is -4.06. The summed E-state index contributed by atoms with van der Waals surface area (Å²) >= 11 is 2.22. The first-order valence-corrected chi connectivity index (χ1v) is 13.7. The molecule has 39 heavy (non-hydrogen) atoms. The zero-order valence-electron chi connectivity index (χ0n) is 21.6. The Labute approximate surface area is 241 Å². The van der Waals surface area contributed by atoms with Gasteiger partial charge in [0.25, 0.3) is 11.9 Å². The molecule has 3 aromatic rings. The highest BCUT2D eigenvalue weighted by Crippen LogP contribution is 2.29. The Morgan fingerprint density at radius 2 is 1.79 bits per heavy atom. The maximum Gasteiger partial charge on any atom is 0.326 e. The SMILES string of the molecule is CN/N=C(\N=N)NC(=O)c1ccc(CN(C(=O)Nc2cccc(I)c2)c2ccc(C3=CCCCC3)cc2)cc1. The van der Waals surface area contributed by atoms with Crippen molar-refractivity contribution < 1.29 is 9.59 Å². The molecule has 3 aromatic carbocycles. The molecule has 3 amide bonds. The number of halogens is 1. The number of rotatable bonds is 7. The molecule has 0 spiro atoms. The highest BCUT2D eigenvalue weighted by Gasteiger charge is 2.18. The monoisotopic (exact) mass is 635 g/mol. The summed E-state index contributed by atoms with van der Waals surface area (Å²) in [6.07, 6.45) is 6.93. The molecule has 0 aliphatic heterocycles. The average Bonchev–Trinajstić information content (AvgIpc) is 2.96. The first kappa shape index (κ1) is 28.0. The van der Waals surface area contributed by atoms with E-state index in [1.54, 1.807) is 36.2 Å². The lowest BCUT2D eigenvalue weighted by molar-refractivity contribution is 0.0976. The Morgan fingerprint density at radius 3 is 2.44 bits per heavy atom. The summed E-state index contributed by atoms with van der Waals surface area (Å²) in [7, 11) is 1.55. The predicted octanol–water partition coefficient (Wildman–Crippen LogP) is 6.74. The lowest BCUT2D eigenvalue weighted by Gasteiger charge is -2.24. The maximum atomic E-state index is 13.5. The van der Waals surface area contributed by atoms with Gasteiger partial charge in [-0.05, 0) is 107 Å². The number of anilines is 2. The molecule has 4 rings (SSSR count). The quantitative estimate of drug-likeness (QED) is 0.0757. The number of urea groups is 1. The number of hydrazone groups is 1. The molecule has 0 saturated carbocycles. The van der Waals surface area contributed by atoms with Gasteiger partial charge in [-0.3, -0.25) is 15.0 Å². The number of benzene rings is 3. The van der Waals surface area contributed by atoms with E-state index in [0.717, 1.165) is 27.7 Å². The molecule has 0 atom stereocenters. The van der Waals surface area contributed by atoms with E-state index < -0.39 is 5.91 Å². The van der Waals surface area contributed by atoms with Crippen LogP contribution < -0.4 is 21.0 Å².